The van der Waals surface area contributed by atoms with Gasteiger partial charge in [0.1, 0.15) is 17.6 Å². The standard InChI is InChI=1S/C19H19NO4/c21-17(18-6-3-11-23-18)9-10-20-19(22)13-24-16-8-7-14-4-1-2-5-15(14)12-16/h1-8,11-12,17,21H,9-10,13H2,(H,20,22). The molecule has 5 nitrogen and oxygen atoms in total. The fraction of sp³-hybridized carbons (Fsp3) is 0.211. The highest BCUT2D eigenvalue weighted by atomic mass is 16.5. The third kappa shape index (κ3) is 4.14. The molecular formula is C19H19NO4. The Labute approximate surface area is 139 Å². The van der Waals surface area contributed by atoms with Gasteiger partial charge in [0.2, 0.25) is 0 Å². The molecule has 1 heterocycles. The van der Waals surface area contributed by atoms with Crippen molar-refractivity contribution >= 4 is 16.7 Å². The highest BCUT2D eigenvalue weighted by Crippen LogP contribution is 2.20. The summed E-state index contributed by atoms with van der Waals surface area (Å²) in [4.78, 5) is 11.8. The summed E-state index contributed by atoms with van der Waals surface area (Å²) in [6.45, 7) is 0.289. The van der Waals surface area contributed by atoms with Gasteiger partial charge in [-0.2, -0.15) is 0 Å². The van der Waals surface area contributed by atoms with Crippen molar-refractivity contribution in [2.24, 2.45) is 0 Å². The summed E-state index contributed by atoms with van der Waals surface area (Å²) in [5.74, 6) is 0.922. The SMILES string of the molecule is O=C(COc1ccc2ccccc2c1)NCCC(O)c1ccco1. The highest BCUT2D eigenvalue weighted by molar-refractivity contribution is 5.84. The maximum Gasteiger partial charge on any atom is 0.257 e. The number of hydrogen-bond donors (Lipinski definition) is 2. The zero-order valence-electron chi connectivity index (χ0n) is 13.1. The Hall–Kier alpha value is -2.79. The van der Waals surface area contributed by atoms with Crippen molar-refractivity contribution in [3.05, 3.63) is 66.6 Å². The molecule has 0 aliphatic rings. The maximum absolute atomic E-state index is 11.8. The van der Waals surface area contributed by atoms with E-state index in [4.69, 9.17) is 9.15 Å². The lowest BCUT2D eigenvalue weighted by Gasteiger charge is -2.10. The van der Waals surface area contributed by atoms with Gasteiger partial charge in [-0.3, -0.25) is 4.79 Å². The zero-order valence-corrected chi connectivity index (χ0v) is 13.1. The lowest BCUT2D eigenvalue weighted by molar-refractivity contribution is -0.123. The van der Waals surface area contributed by atoms with Crippen LogP contribution < -0.4 is 10.1 Å². The van der Waals surface area contributed by atoms with Crippen LogP contribution in [0.3, 0.4) is 0 Å². The second-order valence-corrected chi connectivity index (χ2v) is 5.47. The quantitative estimate of drug-likeness (QED) is 0.700. The van der Waals surface area contributed by atoms with Crippen LogP contribution in [0.15, 0.2) is 65.3 Å². The van der Waals surface area contributed by atoms with E-state index in [-0.39, 0.29) is 12.5 Å². The summed E-state index contributed by atoms with van der Waals surface area (Å²) in [5, 5.41) is 14.8. The number of rotatable bonds is 7. The predicted molar refractivity (Wildman–Crippen MR) is 90.7 cm³/mol. The second-order valence-electron chi connectivity index (χ2n) is 5.47. The first kappa shape index (κ1) is 16.1. The summed E-state index contributed by atoms with van der Waals surface area (Å²) in [7, 11) is 0. The van der Waals surface area contributed by atoms with Gasteiger partial charge < -0.3 is 19.6 Å². The Bertz CT molecular complexity index is 798. The van der Waals surface area contributed by atoms with Crippen LogP contribution in [0, 0.1) is 0 Å². The van der Waals surface area contributed by atoms with Crippen molar-refractivity contribution in [2.75, 3.05) is 13.2 Å². The molecule has 3 aromatic rings. The van der Waals surface area contributed by atoms with Crippen molar-refractivity contribution in [3.8, 4) is 5.75 Å². The molecule has 2 aromatic carbocycles. The van der Waals surface area contributed by atoms with E-state index in [2.05, 4.69) is 5.32 Å². The molecule has 0 aliphatic heterocycles. The first-order chi connectivity index (χ1) is 11.7. The molecule has 2 N–H and O–H groups in total. The molecule has 3 rings (SSSR count). The first-order valence-electron chi connectivity index (χ1n) is 7.82. The normalized spacial score (nSPS) is 12.0. The number of furan rings is 1. The van der Waals surface area contributed by atoms with Crippen LogP contribution in [-0.4, -0.2) is 24.2 Å². The summed E-state index contributed by atoms with van der Waals surface area (Å²) < 4.78 is 10.6. The fourth-order valence-electron chi connectivity index (χ4n) is 2.43. The number of aliphatic hydroxyl groups is 1. The van der Waals surface area contributed by atoms with Crippen molar-refractivity contribution in [3.63, 3.8) is 0 Å². The molecule has 124 valence electrons. The molecule has 0 fully saturated rings. The number of benzene rings is 2. The van der Waals surface area contributed by atoms with Gasteiger partial charge in [0, 0.05) is 6.54 Å². The molecule has 0 saturated carbocycles. The van der Waals surface area contributed by atoms with Gasteiger partial charge in [0.15, 0.2) is 6.61 Å². The Morgan fingerprint density at radius 3 is 2.75 bits per heavy atom. The van der Waals surface area contributed by atoms with E-state index in [0.717, 1.165) is 10.8 Å². The predicted octanol–water partition coefficient (Wildman–Crippen LogP) is 3.05. The largest absolute Gasteiger partial charge is 0.484 e. The summed E-state index contributed by atoms with van der Waals surface area (Å²) >= 11 is 0. The molecule has 0 saturated heterocycles. The number of aliphatic hydroxyl groups excluding tert-OH is 1. The Kier molecular flexibility index (Phi) is 5.13. The lowest BCUT2D eigenvalue weighted by atomic mass is 10.1. The smallest absolute Gasteiger partial charge is 0.257 e. The van der Waals surface area contributed by atoms with Crippen molar-refractivity contribution in [1.82, 2.24) is 5.32 Å². The van der Waals surface area contributed by atoms with Crippen molar-refractivity contribution < 1.29 is 19.1 Å². The molecule has 0 radical (unpaired) electrons. The third-order valence-corrected chi connectivity index (χ3v) is 3.70. The molecule has 0 bridgehead atoms. The van der Waals surface area contributed by atoms with Crippen LogP contribution in [0.4, 0.5) is 0 Å². The monoisotopic (exact) mass is 325 g/mol. The van der Waals surface area contributed by atoms with Gasteiger partial charge in [-0.05, 0) is 41.5 Å². The molecular weight excluding hydrogens is 306 g/mol. The van der Waals surface area contributed by atoms with Crippen LogP contribution in [0.25, 0.3) is 10.8 Å². The molecule has 24 heavy (non-hydrogen) atoms. The van der Waals surface area contributed by atoms with E-state index < -0.39 is 6.10 Å². The van der Waals surface area contributed by atoms with Gasteiger partial charge in [0.25, 0.3) is 5.91 Å². The van der Waals surface area contributed by atoms with E-state index in [1.54, 1.807) is 12.1 Å². The van der Waals surface area contributed by atoms with E-state index in [9.17, 15) is 9.90 Å². The topological polar surface area (TPSA) is 71.7 Å². The number of ether oxygens (including phenoxy) is 1. The third-order valence-electron chi connectivity index (χ3n) is 3.70. The van der Waals surface area contributed by atoms with Crippen molar-refractivity contribution in [1.29, 1.82) is 0 Å². The number of fused-ring (bicyclic) bond motifs is 1. The van der Waals surface area contributed by atoms with Crippen LogP contribution in [-0.2, 0) is 4.79 Å². The van der Waals surface area contributed by atoms with E-state index >= 15 is 0 Å². The summed E-state index contributed by atoms with van der Waals surface area (Å²) in [6, 6.07) is 17.1. The molecule has 5 heteroatoms. The van der Waals surface area contributed by atoms with Crippen LogP contribution in [0.2, 0.25) is 0 Å². The molecule has 0 spiro atoms. The van der Waals surface area contributed by atoms with Gasteiger partial charge in [0.05, 0.1) is 6.26 Å². The molecule has 1 amide bonds. The fourth-order valence-corrected chi connectivity index (χ4v) is 2.43. The number of nitrogens with one attached hydrogen (secondary N) is 1. The van der Waals surface area contributed by atoms with Gasteiger partial charge >= 0.3 is 0 Å². The highest BCUT2D eigenvalue weighted by Gasteiger charge is 2.11. The second kappa shape index (κ2) is 7.66. The van der Waals surface area contributed by atoms with Crippen LogP contribution >= 0.6 is 0 Å². The number of hydrogen-bond acceptors (Lipinski definition) is 4. The Balaban J connectivity index is 1.43. The van der Waals surface area contributed by atoms with Crippen molar-refractivity contribution in [2.45, 2.75) is 12.5 Å². The van der Waals surface area contributed by atoms with E-state index in [1.807, 2.05) is 42.5 Å². The van der Waals surface area contributed by atoms with Crippen LogP contribution in [0.5, 0.6) is 5.75 Å². The van der Waals surface area contributed by atoms with Gasteiger partial charge in [-0.1, -0.05) is 30.3 Å². The minimum absolute atomic E-state index is 0.0603. The minimum atomic E-state index is -0.721. The van der Waals surface area contributed by atoms with Gasteiger partial charge in [-0.15, -0.1) is 0 Å². The maximum atomic E-state index is 11.8. The van der Waals surface area contributed by atoms with Gasteiger partial charge in [-0.25, -0.2) is 0 Å². The number of carbonyl (C=O) groups excluding carboxylic acids is 1. The average molecular weight is 325 g/mol. The molecule has 0 aliphatic carbocycles. The molecule has 1 atom stereocenters. The lowest BCUT2D eigenvalue weighted by Crippen LogP contribution is -2.30. The Morgan fingerprint density at radius 1 is 1.12 bits per heavy atom. The minimum Gasteiger partial charge on any atom is -0.484 e. The zero-order chi connectivity index (χ0) is 16.8. The van der Waals surface area contributed by atoms with E-state index in [0.29, 0.717) is 24.5 Å². The number of amides is 1. The first-order valence-corrected chi connectivity index (χ1v) is 7.82. The number of carbonyl (C=O) groups is 1. The molecule has 1 unspecified atom stereocenters. The summed E-state index contributed by atoms with van der Waals surface area (Å²) in [6.07, 6.45) is 1.17. The average Bonchev–Trinajstić information content (AvgIpc) is 3.14. The summed E-state index contributed by atoms with van der Waals surface area (Å²) in [5.41, 5.74) is 0. The molecule has 1 aromatic heterocycles. The Morgan fingerprint density at radius 2 is 1.96 bits per heavy atom. The van der Waals surface area contributed by atoms with Crippen LogP contribution in [0.1, 0.15) is 18.3 Å². The van der Waals surface area contributed by atoms with E-state index in [1.165, 1.54) is 6.26 Å².